The quantitative estimate of drug-likeness (QED) is 0.599. The normalized spacial score (nSPS) is 18.4. The Morgan fingerprint density at radius 3 is 2.54 bits per heavy atom. The molecule has 2 aromatic carbocycles. The number of nitrogens with zero attached hydrogens (tertiary/aromatic N) is 1. The van der Waals surface area contributed by atoms with Crippen LogP contribution in [0.5, 0.6) is 0 Å². The highest BCUT2D eigenvalue weighted by atomic mass is 35.5. The van der Waals surface area contributed by atoms with E-state index in [4.69, 9.17) is 11.6 Å². The molecule has 1 aromatic heterocycles. The monoisotopic (exact) mass is 433 g/mol. The Kier molecular flexibility index (Phi) is 5.21. The number of fused-ring (bicyclic) bond motifs is 1. The zero-order valence-electron chi connectivity index (χ0n) is 15.4. The maximum absolute atomic E-state index is 13.5. The smallest absolute Gasteiger partial charge is 0.266 e. The molecule has 4 rings (SSSR count). The van der Waals surface area contributed by atoms with Crippen molar-refractivity contribution in [2.45, 2.75) is 25.9 Å². The molecule has 1 saturated heterocycles. The molecule has 2 heterocycles. The first-order chi connectivity index (χ1) is 13.3. The summed E-state index contributed by atoms with van der Waals surface area (Å²) in [4.78, 5) is 15.6. The Labute approximate surface area is 173 Å². The van der Waals surface area contributed by atoms with Gasteiger partial charge in [-0.25, -0.2) is 8.42 Å². The molecule has 28 heavy (non-hydrogen) atoms. The van der Waals surface area contributed by atoms with Crippen molar-refractivity contribution in [3.05, 3.63) is 69.6 Å². The minimum absolute atomic E-state index is 0.00706. The third-order valence-corrected chi connectivity index (χ3v) is 8.53. The molecule has 1 aliphatic heterocycles. The fourth-order valence-electron chi connectivity index (χ4n) is 3.56. The largest absolute Gasteiger partial charge is 0.330 e. The number of benzene rings is 2. The number of carbonyl (C=O) groups excluding carboxylic acids is 1. The van der Waals surface area contributed by atoms with Gasteiger partial charge in [-0.2, -0.15) is 0 Å². The lowest BCUT2D eigenvalue weighted by Gasteiger charge is -2.28. The van der Waals surface area contributed by atoms with Crippen LogP contribution >= 0.6 is 22.9 Å². The maximum atomic E-state index is 13.5. The van der Waals surface area contributed by atoms with Crippen molar-refractivity contribution in [1.82, 2.24) is 4.90 Å². The summed E-state index contributed by atoms with van der Waals surface area (Å²) < 4.78 is 25.0. The highest BCUT2D eigenvalue weighted by molar-refractivity contribution is 7.91. The molecule has 3 aromatic rings. The van der Waals surface area contributed by atoms with E-state index in [0.717, 1.165) is 21.2 Å². The molecule has 4 nitrogen and oxygen atoms in total. The van der Waals surface area contributed by atoms with Gasteiger partial charge in [-0.1, -0.05) is 59.6 Å². The van der Waals surface area contributed by atoms with Crippen molar-refractivity contribution < 1.29 is 13.2 Å². The number of amides is 1. The third-order valence-electron chi connectivity index (χ3n) is 5.11. The Morgan fingerprint density at radius 2 is 1.89 bits per heavy atom. The molecule has 0 aliphatic carbocycles. The number of sulfone groups is 1. The minimum Gasteiger partial charge on any atom is -0.330 e. The summed E-state index contributed by atoms with van der Waals surface area (Å²) in [6.07, 6.45) is 0.461. The average Bonchev–Trinajstić information content (AvgIpc) is 3.20. The van der Waals surface area contributed by atoms with Crippen LogP contribution < -0.4 is 0 Å². The zero-order chi connectivity index (χ0) is 19.9. The topological polar surface area (TPSA) is 54.5 Å². The van der Waals surface area contributed by atoms with Gasteiger partial charge in [0.1, 0.15) is 4.88 Å². The molecule has 1 aliphatic rings. The summed E-state index contributed by atoms with van der Waals surface area (Å²) in [6.45, 7) is 2.37. The van der Waals surface area contributed by atoms with Crippen LogP contribution in [0.3, 0.4) is 0 Å². The molecule has 146 valence electrons. The number of hydrogen-bond acceptors (Lipinski definition) is 4. The fourth-order valence-corrected chi connectivity index (χ4v) is 6.76. The van der Waals surface area contributed by atoms with E-state index < -0.39 is 9.84 Å². The predicted molar refractivity (Wildman–Crippen MR) is 115 cm³/mol. The Hall–Kier alpha value is -1.89. The number of rotatable bonds is 4. The number of halogens is 1. The van der Waals surface area contributed by atoms with Gasteiger partial charge in [0.05, 0.1) is 16.5 Å². The van der Waals surface area contributed by atoms with Gasteiger partial charge in [-0.05, 0) is 25.0 Å². The van der Waals surface area contributed by atoms with Gasteiger partial charge >= 0.3 is 0 Å². The SMILES string of the molecule is Cc1ccc(CN(C(=O)c2sc3ccccc3c2Cl)[C@@H]2CCS(=O)(=O)C2)cc1. The molecule has 1 amide bonds. The summed E-state index contributed by atoms with van der Waals surface area (Å²) in [5.74, 6) is -0.0725. The molecule has 7 heteroatoms. The van der Waals surface area contributed by atoms with E-state index in [0.29, 0.717) is 22.9 Å². The van der Waals surface area contributed by atoms with Gasteiger partial charge in [-0.15, -0.1) is 11.3 Å². The summed E-state index contributed by atoms with van der Waals surface area (Å²) in [5.41, 5.74) is 2.11. The molecule has 0 unspecified atom stereocenters. The Bertz CT molecular complexity index is 1140. The van der Waals surface area contributed by atoms with Crippen LogP contribution in [0.15, 0.2) is 48.5 Å². The predicted octanol–water partition coefficient (Wildman–Crippen LogP) is 4.69. The minimum atomic E-state index is -3.11. The number of aryl methyl sites for hydroxylation is 1. The Morgan fingerprint density at radius 1 is 1.18 bits per heavy atom. The second-order valence-corrected chi connectivity index (χ2v) is 10.9. The van der Waals surface area contributed by atoms with Gasteiger partial charge in [0.2, 0.25) is 0 Å². The van der Waals surface area contributed by atoms with Crippen molar-refractivity contribution in [1.29, 1.82) is 0 Å². The molecule has 1 atom stereocenters. The van der Waals surface area contributed by atoms with Gasteiger partial charge < -0.3 is 4.90 Å². The van der Waals surface area contributed by atoms with Crippen molar-refractivity contribution in [2.24, 2.45) is 0 Å². The summed E-state index contributed by atoms with van der Waals surface area (Å²) in [7, 11) is -3.11. The van der Waals surface area contributed by atoms with Crippen LogP contribution in [0.25, 0.3) is 10.1 Å². The standard InChI is InChI=1S/C21H20ClNO3S2/c1-14-6-8-15(9-7-14)12-23(16-10-11-28(25,26)13-16)21(24)20-19(22)17-4-2-3-5-18(17)27-20/h2-9,16H,10-13H2,1H3/t16-/m1/s1. The molecule has 0 bridgehead atoms. The molecular formula is C21H20ClNO3S2. The van der Waals surface area contributed by atoms with Crippen LogP contribution in [0, 0.1) is 6.92 Å². The first-order valence-corrected chi connectivity index (χ1v) is 12.1. The number of thiophene rings is 1. The van der Waals surface area contributed by atoms with E-state index >= 15 is 0 Å². The van der Waals surface area contributed by atoms with E-state index in [1.54, 1.807) is 4.90 Å². The summed E-state index contributed by atoms with van der Waals surface area (Å²) >= 11 is 7.89. The van der Waals surface area contributed by atoms with Crippen molar-refractivity contribution in [3.8, 4) is 0 Å². The van der Waals surface area contributed by atoms with E-state index in [1.807, 2.05) is 55.5 Å². The number of hydrogen-bond donors (Lipinski definition) is 0. The highest BCUT2D eigenvalue weighted by Gasteiger charge is 2.36. The average molecular weight is 434 g/mol. The first-order valence-electron chi connectivity index (χ1n) is 9.08. The zero-order valence-corrected chi connectivity index (χ0v) is 17.8. The van der Waals surface area contributed by atoms with Crippen molar-refractivity contribution in [2.75, 3.05) is 11.5 Å². The lowest BCUT2D eigenvalue weighted by atomic mass is 10.1. The maximum Gasteiger partial charge on any atom is 0.266 e. The van der Waals surface area contributed by atoms with E-state index in [9.17, 15) is 13.2 Å². The van der Waals surface area contributed by atoms with Crippen LogP contribution in [0.1, 0.15) is 27.2 Å². The molecule has 0 saturated carbocycles. The molecule has 1 fully saturated rings. The lowest BCUT2D eigenvalue weighted by molar-refractivity contribution is 0.0686. The van der Waals surface area contributed by atoms with E-state index in [2.05, 4.69) is 0 Å². The van der Waals surface area contributed by atoms with Crippen LogP contribution in [-0.2, 0) is 16.4 Å². The van der Waals surface area contributed by atoms with Gasteiger partial charge in [0, 0.05) is 22.7 Å². The third kappa shape index (κ3) is 3.81. The summed E-state index contributed by atoms with van der Waals surface area (Å²) in [6, 6.07) is 15.3. The molecular weight excluding hydrogens is 414 g/mol. The number of carbonyl (C=O) groups is 1. The first kappa shape index (κ1) is 19.4. The highest BCUT2D eigenvalue weighted by Crippen LogP contribution is 2.37. The second-order valence-electron chi connectivity index (χ2n) is 7.22. The fraction of sp³-hybridized carbons (Fsp3) is 0.286. The second kappa shape index (κ2) is 7.50. The van der Waals surface area contributed by atoms with Gasteiger partial charge in [0.25, 0.3) is 5.91 Å². The molecule has 0 radical (unpaired) electrons. The van der Waals surface area contributed by atoms with Crippen LogP contribution in [-0.4, -0.2) is 36.8 Å². The van der Waals surface area contributed by atoms with Gasteiger partial charge in [0.15, 0.2) is 9.84 Å². The summed E-state index contributed by atoms with van der Waals surface area (Å²) in [5, 5.41) is 1.30. The van der Waals surface area contributed by atoms with Crippen LogP contribution in [0.4, 0.5) is 0 Å². The van der Waals surface area contributed by atoms with E-state index in [-0.39, 0.29) is 23.5 Å². The van der Waals surface area contributed by atoms with Crippen molar-refractivity contribution in [3.63, 3.8) is 0 Å². The molecule has 0 spiro atoms. The Balaban J connectivity index is 1.72. The lowest BCUT2D eigenvalue weighted by Crippen LogP contribution is -2.40. The molecule has 0 N–H and O–H groups in total. The van der Waals surface area contributed by atoms with Crippen molar-refractivity contribution >= 4 is 48.8 Å². The van der Waals surface area contributed by atoms with E-state index in [1.165, 1.54) is 11.3 Å². The van der Waals surface area contributed by atoms with Crippen LogP contribution in [0.2, 0.25) is 5.02 Å². The van der Waals surface area contributed by atoms with Gasteiger partial charge in [-0.3, -0.25) is 4.79 Å².